The number of hydrogen-bond acceptors (Lipinski definition) is 8. The topological polar surface area (TPSA) is 160 Å². The highest BCUT2D eigenvalue weighted by atomic mass is 16.6. The number of aryl methyl sites for hydroxylation is 1. The van der Waals surface area contributed by atoms with E-state index < -0.39 is 33.6 Å². The first kappa shape index (κ1) is 13.3. The number of nitro groups is 1. The Bertz CT molecular complexity index is 722. The molecular formula is C10H7N3O7. The van der Waals surface area contributed by atoms with E-state index in [0.717, 1.165) is 6.07 Å². The average molecular weight is 281 g/mol. The highest BCUT2D eigenvalue weighted by Gasteiger charge is 2.33. The summed E-state index contributed by atoms with van der Waals surface area (Å²) in [5, 5.41) is 42.4. The van der Waals surface area contributed by atoms with Gasteiger partial charge in [0.1, 0.15) is 0 Å². The highest BCUT2D eigenvalue weighted by Crippen LogP contribution is 2.42. The van der Waals surface area contributed by atoms with E-state index >= 15 is 0 Å². The van der Waals surface area contributed by atoms with Gasteiger partial charge in [-0.05, 0) is 6.07 Å². The van der Waals surface area contributed by atoms with Gasteiger partial charge in [0.15, 0.2) is 11.3 Å². The van der Waals surface area contributed by atoms with Gasteiger partial charge in [0.2, 0.25) is 17.5 Å². The lowest BCUT2D eigenvalue weighted by Crippen LogP contribution is -2.06. The lowest BCUT2D eigenvalue weighted by atomic mass is 10.0. The molecule has 0 unspecified atom stereocenters. The molecule has 1 heterocycles. The van der Waals surface area contributed by atoms with Crippen LogP contribution in [0.4, 0.5) is 5.69 Å². The minimum absolute atomic E-state index is 0.103. The minimum Gasteiger partial charge on any atom is -0.504 e. The maximum Gasteiger partial charge on any atom is 0.343 e. The van der Waals surface area contributed by atoms with Gasteiger partial charge in [-0.1, -0.05) is 5.16 Å². The normalized spacial score (nSPS) is 10.4. The number of nitro benzene ring substituents is 1. The molecule has 104 valence electrons. The molecule has 2 aromatic rings. The van der Waals surface area contributed by atoms with Crippen molar-refractivity contribution in [2.24, 2.45) is 0 Å². The molecule has 10 nitrogen and oxygen atoms in total. The Kier molecular flexibility index (Phi) is 2.98. The number of hydrogen-bond donors (Lipinski definition) is 3. The van der Waals surface area contributed by atoms with Gasteiger partial charge in [-0.15, -0.1) is 0 Å². The summed E-state index contributed by atoms with van der Waals surface area (Å²) in [5.74, 6) is -3.83. The van der Waals surface area contributed by atoms with Gasteiger partial charge in [0, 0.05) is 12.5 Å². The van der Waals surface area contributed by atoms with Crippen LogP contribution in [-0.4, -0.2) is 36.4 Å². The van der Waals surface area contributed by atoms with E-state index in [1.807, 2.05) is 0 Å². The number of rotatable bonds is 3. The van der Waals surface area contributed by atoms with Crippen LogP contribution >= 0.6 is 0 Å². The zero-order valence-electron chi connectivity index (χ0n) is 9.89. The summed E-state index contributed by atoms with van der Waals surface area (Å²) in [5.41, 5.74) is -2.32. The SMILES string of the molecule is Cc1nc(-c2cc(O)c(O)c([N+](=O)[O-])c2C(=O)O)no1. The lowest BCUT2D eigenvalue weighted by molar-refractivity contribution is -0.386. The van der Waals surface area contributed by atoms with Crippen LogP contribution in [0.1, 0.15) is 16.2 Å². The number of carboxylic acids is 1. The second-order valence-corrected chi connectivity index (χ2v) is 3.71. The number of aromatic nitrogens is 2. The fraction of sp³-hybridized carbons (Fsp3) is 0.100. The third kappa shape index (κ3) is 1.98. The van der Waals surface area contributed by atoms with E-state index in [2.05, 4.69) is 14.7 Å². The third-order valence-electron chi connectivity index (χ3n) is 2.42. The van der Waals surface area contributed by atoms with Crippen molar-refractivity contribution in [1.82, 2.24) is 10.1 Å². The fourth-order valence-corrected chi connectivity index (χ4v) is 1.62. The molecule has 10 heteroatoms. The lowest BCUT2D eigenvalue weighted by Gasteiger charge is -2.06. The maximum atomic E-state index is 11.2. The summed E-state index contributed by atoms with van der Waals surface area (Å²) < 4.78 is 4.66. The van der Waals surface area contributed by atoms with Gasteiger partial charge in [-0.25, -0.2) is 4.79 Å². The summed E-state index contributed by atoms with van der Waals surface area (Å²) in [7, 11) is 0. The molecule has 3 N–H and O–H groups in total. The predicted octanol–water partition coefficient (Wildman–Crippen LogP) is 1.06. The molecule has 0 aliphatic carbocycles. The Labute approximate surface area is 110 Å². The molecule has 0 spiro atoms. The molecule has 0 saturated heterocycles. The van der Waals surface area contributed by atoms with Crippen LogP contribution in [-0.2, 0) is 0 Å². The predicted molar refractivity (Wildman–Crippen MR) is 61.4 cm³/mol. The molecule has 0 bridgehead atoms. The monoisotopic (exact) mass is 281 g/mol. The van der Waals surface area contributed by atoms with Crippen molar-refractivity contribution in [3.63, 3.8) is 0 Å². The molecule has 1 aromatic carbocycles. The molecule has 0 fully saturated rings. The van der Waals surface area contributed by atoms with Gasteiger partial charge in [-0.2, -0.15) is 4.98 Å². The van der Waals surface area contributed by atoms with Crippen molar-refractivity contribution in [3.05, 3.63) is 27.6 Å². The molecule has 0 aliphatic heterocycles. The number of phenolic OH excluding ortho intramolecular Hbond substituents is 2. The van der Waals surface area contributed by atoms with Crippen LogP contribution in [0.25, 0.3) is 11.4 Å². The number of carbonyl (C=O) groups is 1. The molecule has 1 aromatic heterocycles. The maximum absolute atomic E-state index is 11.2. The number of aromatic carboxylic acids is 1. The second-order valence-electron chi connectivity index (χ2n) is 3.71. The fourth-order valence-electron chi connectivity index (χ4n) is 1.62. The molecule has 0 aliphatic rings. The average Bonchev–Trinajstić information content (AvgIpc) is 2.77. The standard InChI is InChI=1S/C10H7N3O7/c1-3-11-9(12-20-3)4-2-5(14)8(15)7(13(18)19)6(4)10(16)17/h2,14-15H,1H3,(H,16,17). The van der Waals surface area contributed by atoms with E-state index in [1.165, 1.54) is 6.92 Å². The van der Waals surface area contributed by atoms with Crippen LogP contribution in [0.2, 0.25) is 0 Å². The van der Waals surface area contributed by atoms with Gasteiger partial charge in [0.05, 0.1) is 4.92 Å². The summed E-state index contributed by atoms with van der Waals surface area (Å²) in [6, 6.07) is 0.816. The molecule has 0 amide bonds. The van der Waals surface area contributed by atoms with Crippen LogP contribution in [0.5, 0.6) is 11.5 Å². The number of phenols is 2. The van der Waals surface area contributed by atoms with Crippen LogP contribution in [0.3, 0.4) is 0 Å². The Morgan fingerprint density at radius 3 is 2.55 bits per heavy atom. The van der Waals surface area contributed by atoms with E-state index in [-0.39, 0.29) is 17.3 Å². The number of nitrogens with zero attached hydrogens (tertiary/aromatic N) is 3. The molecule has 20 heavy (non-hydrogen) atoms. The van der Waals surface area contributed by atoms with Crippen molar-refractivity contribution < 1.29 is 29.6 Å². The molecule has 0 saturated carbocycles. The van der Waals surface area contributed by atoms with E-state index in [4.69, 9.17) is 5.11 Å². The van der Waals surface area contributed by atoms with E-state index in [9.17, 15) is 25.1 Å². The van der Waals surface area contributed by atoms with Gasteiger partial charge in [0.25, 0.3) is 0 Å². The third-order valence-corrected chi connectivity index (χ3v) is 2.42. The Balaban J connectivity index is 2.87. The zero-order chi connectivity index (χ0) is 15.0. The van der Waals surface area contributed by atoms with Gasteiger partial charge in [-0.3, -0.25) is 10.1 Å². The molecule has 0 atom stereocenters. The number of benzene rings is 1. The Hall–Kier alpha value is -3.17. The van der Waals surface area contributed by atoms with Crippen molar-refractivity contribution in [1.29, 1.82) is 0 Å². The van der Waals surface area contributed by atoms with Crippen molar-refractivity contribution in [2.45, 2.75) is 6.92 Å². The first-order valence-electron chi connectivity index (χ1n) is 5.10. The Morgan fingerprint density at radius 2 is 2.10 bits per heavy atom. The van der Waals surface area contributed by atoms with E-state index in [1.54, 1.807) is 0 Å². The summed E-state index contributed by atoms with van der Waals surface area (Å²) in [4.78, 5) is 24.7. The van der Waals surface area contributed by atoms with E-state index in [0.29, 0.717) is 0 Å². The molecular weight excluding hydrogens is 274 g/mol. The van der Waals surface area contributed by atoms with Crippen LogP contribution < -0.4 is 0 Å². The van der Waals surface area contributed by atoms with Crippen LogP contribution in [0, 0.1) is 17.0 Å². The van der Waals surface area contributed by atoms with Crippen molar-refractivity contribution in [3.8, 4) is 22.9 Å². The number of aromatic hydroxyl groups is 2. The summed E-state index contributed by atoms with van der Waals surface area (Å²) >= 11 is 0. The van der Waals surface area contributed by atoms with Gasteiger partial charge >= 0.3 is 11.7 Å². The Morgan fingerprint density at radius 1 is 1.45 bits per heavy atom. The largest absolute Gasteiger partial charge is 0.504 e. The van der Waals surface area contributed by atoms with Crippen molar-refractivity contribution in [2.75, 3.05) is 0 Å². The van der Waals surface area contributed by atoms with Crippen LogP contribution in [0.15, 0.2) is 10.6 Å². The second kappa shape index (κ2) is 4.50. The first-order chi connectivity index (χ1) is 9.32. The summed E-state index contributed by atoms with van der Waals surface area (Å²) in [6.07, 6.45) is 0. The number of carboxylic acid groups (broad SMARTS) is 1. The summed E-state index contributed by atoms with van der Waals surface area (Å²) in [6.45, 7) is 1.44. The zero-order valence-corrected chi connectivity index (χ0v) is 9.89. The molecule has 2 rings (SSSR count). The molecule has 0 radical (unpaired) electrons. The first-order valence-corrected chi connectivity index (χ1v) is 5.10. The minimum atomic E-state index is -1.68. The smallest absolute Gasteiger partial charge is 0.343 e. The van der Waals surface area contributed by atoms with Crippen molar-refractivity contribution >= 4 is 11.7 Å². The highest BCUT2D eigenvalue weighted by molar-refractivity contribution is 6.01. The quantitative estimate of drug-likeness (QED) is 0.424. The van der Waals surface area contributed by atoms with Gasteiger partial charge < -0.3 is 19.8 Å².